The molecule has 2 rings (SSSR count). The molecule has 1 aliphatic rings. The van der Waals surface area contributed by atoms with E-state index >= 15 is 0 Å². The minimum atomic E-state index is -0.245. The molecule has 1 fully saturated rings. The highest BCUT2D eigenvalue weighted by atomic mass is 35.5. The van der Waals surface area contributed by atoms with Gasteiger partial charge in [-0.05, 0) is 50.9 Å². The summed E-state index contributed by atoms with van der Waals surface area (Å²) < 4.78 is 0. The van der Waals surface area contributed by atoms with Crippen LogP contribution in [0.15, 0.2) is 24.3 Å². The molecule has 0 amide bonds. The third kappa shape index (κ3) is 4.03. The lowest BCUT2D eigenvalue weighted by Gasteiger charge is -2.32. The molecular weight excluding hydrogens is 262 g/mol. The van der Waals surface area contributed by atoms with Crippen molar-refractivity contribution in [1.82, 2.24) is 4.90 Å². The van der Waals surface area contributed by atoms with Crippen LogP contribution in [-0.4, -0.2) is 41.5 Å². The van der Waals surface area contributed by atoms with Gasteiger partial charge in [0.15, 0.2) is 5.78 Å². The van der Waals surface area contributed by atoms with Gasteiger partial charge < -0.3 is 5.11 Å². The number of hydrogen-bond donors (Lipinski definition) is 1. The van der Waals surface area contributed by atoms with E-state index in [0.717, 1.165) is 25.9 Å². The molecule has 0 bridgehead atoms. The fraction of sp³-hybridized carbons (Fsp3) is 0.533. The minimum absolute atomic E-state index is 0.109. The molecule has 1 aromatic rings. The molecule has 1 aliphatic heterocycles. The van der Waals surface area contributed by atoms with Gasteiger partial charge in [-0.15, -0.1) is 0 Å². The first-order chi connectivity index (χ1) is 9.06. The summed E-state index contributed by atoms with van der Waals surface area (Å²) in [5, 5.41) is 10.1. The topological polar surface area (TPSA) is 40.5 Å². The van der Waals surface area contributed by atoms with Crippen LogP contribution in [0.25, 0.3) is 0 Å². The van der Waals surface area contributed by atoms with Gasteiger partial charge in [0, 0.05) is 10.6 Å². The van der Waals surface area contributed by atoms with Crippen molar-refractivity contribution in [1.29, 1.82) is 0 Å². The number of Topliss-reactive ketones (excluding diaryl/α,β-unsaturated/α-hetero) is 1. The maximum atomic E-state index is 12.1. The fourth-order valence-electron chi connectivity index (χ4n) is 2.55. The highest BCUT2D eigenvalue weighted by Gasteiger charge is 2.23. The molecule has 0 aliphatic carbocycles. The number of rotatable bonds is 4. The van der Waals surface area contributed by atoms with Crippen molar-refractivity contribution in [3.05, 3.63) is 34.9 Å². The summed E-state index contributed by atoms with van der Waals surface area (Å²) in [5.41, 5.74) is 0.671. The normalized spacial score (nSPS) is 19.3. The maximum absolute atomic E-state index is 12.1. The molecule has 0 radical (unpaired) electrons. The van der Waals surface area contributed by atoms with Crippen LogP contribution in [0.5, 0.6) is 0 Å². The van der Waals surface area contributed by atoms with E-state index in [0.29, 0.717) is 23.0 Å². The number of aliphatic hydroxyl groups excluding tert-OH is 1. The summed E-state index contributed by atoms with van der Waals surface area (Å²) in [6, 6.07) is 7.09. The molecule has 1 aromatic carbocycles. The predicted octanol–water partition coefficient (Wildman–Crippen LogP) is 2.62. The number of hydrogen-bond acceptors (Lipinski definition) is 3. The predicted molar refractivity (Wildman–Crippen MR) is 76.6 cm³/mol. The number of aliphatic hydroxyl groups is 1. The second-order valence-corrected chi connectivity index (χ2v) is 5.72. The minimum Gasteiger partial charge on any atom is -0.393 e. The molecule has 0 aromatic heterocycles. The molecule has 1 heterocycles. The van der Waals surface area contributed by atoms with Crippen LogP contribution in [0.1, 0.15) is 30.1 Å². The second kappa shape index (κ2) is 6.51. The monoisotopic (exact) mass is 281 g/mol. The average molecular weight is 282 g/mol. The quantitative estimate of drug-likeness (QED) is 0.863. The van der Waals surface area contributed by atoms with Crippen LogP contribution >= 0.6 is 11.6 Å². The molecule has 19 heavy (non-hydrogen) atoms. The zero-order chi connectivity index (χ0) is 13.8. The van der Waals surface area contributed by atoms with Gasteiger partial charge in [0.25, 0.3) is 0 Å². The first kappa shape index (κ1) is 14.5. The Kier molecular flexibility index (Phi) is 4.97. The van der Waals surface area contributed by atoms with Crippen molar-refractivity contribution in [2.24, 2.45) is 5.92 Å². The molecule has 0 saturated carbocycles. The molecular formula is C15H20ClNO2. The molecule has 1 saturated heterocycles. The SMILES string of the molecule is CC(O)C1CCN(CC(=O)c2cccc(Cl)c2)CC1. The van der Waals surface area contributed by atoms with E-state index < -0.39 is 0 Å². The number of halogens is 1. The number of nitrogens with zero attached hydrogens (tertiary/aromatic N) is 1. The highest BCUT2D eigenvalue weighted by Crippen LogP contribution is 2.21. The van der Waals surface area contributed by atoms with E-state index in [2.05, 4.69) is 4.90 Å². The van der Waals surface area contributed by atoms with E-state index in [1.165, 1.54) is 0 Å². The Balaban J connectivity index is 1.87. The number of ketones is 1. The third-order valence-corrected chi connectivity index (χ3v) is 4.06. The zero-order valence-corrected chi connectivity index (χ0v) is 11.9. The molecule has 1 unspecified atom stereocenters. The van der Waals surface area contributed by atoms with Gasteiger partial charge in [-0.2, -0.15) is 0 Å². The number of carbonyl (C=O) groups excluding carboxylic acids is 1. The summed E-state index contributed by atoms with van der Waals surface area (Å²) in [5.74, 6) is 0.482. The van der Waals surface area contributed by atoms with Gasteiger partial charge in [-0.3, -0.25) is 9.69 Å². The molecule has 1 N–H and O–H groups in total. The van der Waals surface area contributed by atoms with Gasteiger partial charge >= 0.3 is 0 Å². The Morgan fingerprint density at radius 1 is 1.47 bits per heavy atom. The van der Waals surface area contributed by atoms with Crippen LogP contribution in [0.2, 0.25) is 5.02 Å². The highest BCUT2D eigenvalue weighted by molar-refractivity contribution is 6.31. The van der Waals surface area contributed by atoms with E-state index in [1.807, 2.05) is 6.92 Å². The zero-order valence-electron chi connectivity index (χ0n) is 11.2. The lowest BCUT2D eigenvalue weighted by atomic mass is 9.92. The number of likely N-dealkylation sites (tertiary alicyclic amines) is 1. The summed E-state index contributed by atoms with van der Waals surface area (Å²) in [7, 11) is 0. The van der Waals surface area contributed by atoms with E-state index in [-0.39, 0.29) is 11.9 Å². The Morgan fingerprint density at radius 3 is 2.74 bits per heavy atom. The van der Waals surface area contributed by atoms with Gasteiger partial charge in [0.2, 0.25) is 0 Å². The van der Waals surface area contributed by atoms with Crippen molar-refractivity contribution >= 4 is 17.4 Å². The number of carbonyl (C=O) groups is 1. The Labute approximate surface area is 119 Å². The number of benzene rings is 1. The first-order valence-electron chi connectivity index (χ1n) is 6.75. The van der Waals surface area contributed by atoms with Crippen LogP contribution in [-0.2, 0) is 0 Å². The second-order valence-electron chi connectivity index (χ2n) is 5.29. The van der Waals surface area contributed by atoms with Crippen molar-refractivity contribution in [2.75, 3.05) is 19.6 Å². The molecule has 1 atom stereocenters. The lowest BCUT2D eigenvalue weighted by Crippen LogP contribution is -2.39. The molecule has 0 spiro atoms. The fourth-order valence-corrected chi connectivity index (χ4v) is 2.74. The van der Waals surface area contributed by atoms with E-state index in [1.54, 1.807) is 24.3 Å². The first-order valence-corrected chi connectivity index (χ1v) is 7.13. The lowest BCUT2D eigenvalue weighted by molar-refractivity contribution is 0.0664. The third-order valence-electron chi connectivity index (χ3n) is 3.83. The van der Waals surface area contributed by atoms with Crippen LogP contribution in [0.4, 0.5) is 0 Å². The Hall–Kier alpha value is -0.900. The number of piperidine rings is 1. The summed E-state index contributed by atoms with van der Waals surface area (Å²) >= 11 is 5.89. The van der Waals surface area contributed by atoms with Crippen molar-refractivity contribution in [2.45, 2.75) is 25.9 Å². The van der Waals surface area contributed by atoms with Gasteiger partial charge in [0.05, 0.1) is 12.6 Å². The van der Waals surface area contributed by atoms with E-state index in [4.69, 9.17) is 11.6 Å². The van der Waals surface area contributed by atoms with Crippen LogP contribution in [0, 0.1) is 5.92 Å². The van der Waals surface area contributed by atoms with Crippen molar-refractivity contribution in [3.8, 4) is 0 Å². The summed E-state index contributed by atoms with van der Waals surface area (Å²) in [6.45, 7) is 4.04. The molecule has 4 heteroatoms. The maximum Gasteiger partial charge on any atom is 0.176 e. The molecule has 104 valence electrons. The van der Waals surface area contributed by atoms with Gasteiger partial charge in [-0.1, -0.05) is 23.7 Å². The van der Waals surface area contributed by atoms with Crippen molar-refractivity contribution < 1.29 is 9.90 Å². The standard InChI is InChI=1S/C15H20ClNO2/c1-11(18)12-5-7-17(8-6-12)10-15(19)13-3-2-4-14(16)9-13/h2-4,9,11-12,18H,5-8,10H2,1H3. The van der Waals surface area contributed by atoms with Crippen LogP contribution < -0.4 is 0 Å². The van der Waals surface area contributed by atoms with Crippen molar-refractivity contribution in [3.63, 3.8) is 0 Å². The summed E-state index contributed by atoms with van der Waals surface area (Å²) in [6.07, 6.45) is 1.67. The van der Waals surface area contributed by atoms with Crippen LogP contribution in [0.3, 0.4) is 0 Å². The average Bonchev–Trinajstić information content (AvgIpc) is 2.39. The molecule has 3 nitrogen and oxygen atoms in total. The van der Waals surface area contributed by atoms with Gasteiger partial charge in [0.1, 0.15) is 0 Å². The summed E-state index contributed by atoms with van der Waals surface area (Å²) in [4.78, 5) is 14.3. The Bertz CT molecular complexity index is 440. The smallest absolute Gasteiger partial charge is 0.176 e. The Morgan fingerprint density at radius 2 is 2.16 bits per heavy atom. The largest absolute Gasteiger partial charge is 0.393 e. The van der Waals surface area contributed by atoms with Gasteiger partial charge in [-0.25, -0.2) is 0 Å². The van der Waals surface area contributed by atoms with E-state index in [9.17, 15) is 9.90 Å².